The first kappa shape index (κ1) is 15.7. The third-order valence-electron chi connectivity index (χ3n) is 2.45. The lowest BCUT2D eigenvalue weighted by molar-refractivity contribution is 0.876. The molecule has 0 aromatic heterocycles. The Kier molecular flexibility index (Phi) is 8.13. The van der Waals surface area contributed by atoms with E-state index in [0.717, 1.165) is 0 Å². The molecule has 0 heteroatoms. The molecule has 0 aliphatic heterocycles. The lowest BCUT2D eigenvalue weighted by atomic mass is 9.96. The Morgan fingerprint density at radius 3 is 1.82 bits per heavy atom. The second-order valence-electron chi connectivity index (χ2n) is 3.72. The van der Waals surface area contributed by atoms with Gasteiger partial charge in [-0.2, -0.15) is 0 Å². The highest BCUT2D eigenvalue weighted by molar-refractivity contribution is 5.86. The minimum absolute atomic E-state index is 0.603. The zero-order valence-corrected chi connectivity index (χ0v) is 12.1. The maximum Gasteiger partial charge on any atom is -0.0149 e. The van der Waals surface area contributed by atoms with E-state index in [1.165, 1.54) is 16.3 Å². The third kappa shape index (κ3) is 4.22. The molecule has 0 N–H and O–H groups in total. The van der Waals surface area contributed by atoms with E-state index in [4.69, 9.17) is 0 Å². The second-order valence-corrected chi connectivity index (χ2v) is 3.72. The quantitative estimate of drug-likeness (QED) is 0.562. The molecule has 0 fully saturated rings. The van der Waals surface area contributed by atoms with E-state index < -0.39 is 0 Å². The van der Waals surface area contributed by atoms with Gasteiger partial charge in [0, 0.05) is 0 Å². The van der Waals surface area contributed by atoms with E-state index in [9.17, 15) is 0 Å². The Balaban J connectivity index is 0.000000581. The van der Waals surface area contributed by atoms with Crippen LogP contribution in [0.3, 0.4) is 0 Å². The number of rotatable bonds is 1. The van der Waals surface area contributed by atoms with Gasteiger partial charge in [0.2, 0.25) is 0 Å². The summed E-state index contributed by atoms with van der Waals surface area (Å²) in [4.78, 5) is 0. The van der Waals surface area contributed by atoms with Gasteiger partial charge in [-0.1, -0.05) is 84.0 Å². The van der Waals surface area contributed by atoms with Gasteiger partial charge in [0.05, 0.1) is 0 Å². The van der Waals surface area contributed by atoms with Gasteiger partial charge in [-0.3, -0.25) is 0 Å². The maximum atomic E-state index is 2.24. The highest BCUT2D eigenvalue weighted by Crippen LogP contribution is 2.24. The fraction of sp³-hybridized carbons (Fsp3) is 0.412. The predicted octanol–water partition coefficient (Wildman–Crippen LogP) is 6.02. The van der Waals surface area contributed by atoms with Crippen LogP contribution in [0.5, 0.6) is 0 Å². The van der Waals surface area contributed by atoms with Gasteiger partial charge in [-0.25, -0.2) is 0 Å². The summed E-state index contributed by atoms with van der Waals surface area (Å²) in [6.45, 7) is 12.5. The summed E-state index contributed by atoms with van der Waals surface area (Å²) < 4.78 is 0. The van der Waals surface area contributed by atoms with Crippen LogP contribution in [0.2, 0.25) is 0 Å². The van der Waals surface area contributed by atoms with Crippen LogP contribution in [0.15, 0.2) is 42.5 Å². The molecule has 0 aliphatic carbocycles. The van der Waals surface area contributed by atoms with Crippen LogP contribution >= 0.6 is 0 Å². The topological polar surface area (TPSA) is 0 Å². The summed E-state index contributed by atoms with van der Waals surface area (Å²) in [5.41, 5.74) is 1.44. The molecule has 0 saturated carbocycles. The van der Waals surface area contributed by atoms with Crippen molar-refractivity contribution in [3.05, 3.63) is 48.0 Å². The summed E-state index contributed by atoms with van der Waals surface area (Å²) in [5.74, 6) is 0.603. The molecule has 0 amide bonds. The van der Waals surface area contributed by atoms with Gasteiger partial charge in [0.1, 0.15) is 0 Å². The Morgan fingerprint density at radius 2 is 1.24 bits per heavy atom. The van der Waals surface area contributed by atoms with Crippen LogP contribution in [0.1, 0.15) is 53.0 Å². The van der Waals surface area contributed by atoms with E-state index in [1.807, 2.05) is 27.7 Å². The van der Waals surface area contributed by atoms with Crippen molar-refractivity contribution < 1.29 is 0 Å². The van der Waals surface area contributed by atoms with Gasteiger partial charge >= 0.3 is 0 Å². The average Bonchev–Trinajstić information content (AvgIpc) is 2.42. The van der Waals surface area contributed by atoms with Crippen molar-refractivity contribution in [2.75, 3.05) is 0 Å². The first-order chi connectivity index (χ1) is 8.29. The molecule has 0 unspecified atom stereocenters. The van der Waals surface area contributed by atoms with Crippen molar-refractivity contribution in [1.29, 1.82) is 0 Å². The van der Waals surface area contributed by atoms with E-state index in [-0.39, 0.29) is 0 Å². The van der Waals surface area contributed by atoms with Crippen molar-refractivity contribution in [1.82, 2.24) is 0 Å². The fourth-order valence-electron chi connectivity index (χ4n) is 1.75. The van der Waals surface area contributed by atoms with Gasteiger partial charge in [-0.15, -0.1) is 0 Å². The smallest absolute Gasteiger partial charge is 0.0149 e. The van der Waals surface area contributed by atoms with Crippen molar-refractivity contribution in [2.45, 2.75) is 47.5 Å². The molecule has 0 heterocycles. The first-order valence-electron chi connectivity index (χ1n) is 6.76. The molecule has 0 radical (unpaired) electrons. The Bertz CT molecular complexity index is 408. The molecular weight excluding hydrogens is 204 g/mol. The van der Waals surface area contributed by atoms with Crippen LogP contribution in [0, 0.1) is 0 Å². The van der Waals surface area contributed by atoms with Gasteiger partial charge in [0.25, 0.3) is 0 Å². The van der Waals surface area contributed by atoms with E-state index in [1.54, 1.807) is 0 Å². The third-order valence-corrected chi connectivity index (χ3v) is 2.45. The normalized spacial score (nSPS) is 9.12. The molecule has 94 valence electrons. The molecule has 0 atom stereocenters. The Labute approximate surface area is 107 Å². The van der Waals surface area contributed by atoms with Crippen molar-refractivity contribution in [2.24, 2.45) is 0 Å². The van der Waals surface area contributed by atoms with Crippen LogP contribution < -0.4 is 0 Å². The molecule has 0 saturated heterocycles. The minimum Gasteiger partial charge on any atom is -0.0683 e. The molecular formula is C17H26. The van der Waals surface area contributed by atoms with Crippen LogP contribution in [-0.2, 0) is 0 Å². The van der Waals surface area contributed by atoms with E-state index in [2.05, 4.69) is 56.3 Å². The highest BCUT2D eigenvalue weighted by Gasteiger charge is 2.02. The fourth-order valence-corrected chi connectivity index (χ4v) is 1.75. The predicted molar refractivity (Wildman–Crippen MR) is 80.7 cm³/mol. The lowest BCUT2D eigenvalue weighted by Crippen LogP contribution is -1.88. The van der Waals surface area contributed by atoms with Crippen LogP contribution in [0.4, 0.5) is 0 Å². The average molecular weight is 230 g/mol. The lowest BCUT2D eigenvalue weighted by Gasteiger charge is -2.08. The van der Waals surface area contributed by atoms with Crippen molar-refractivity contribution in [3.8, 4) is 0 Å². The van der Waals surface area contributed by atoms with Crippen LogP contribution in [0.25, 0.3) is 10.8 Å². The Morgan fingerprint density at radius 1 is 0.706 bits per heavy atom. The second kappa shape index (κ2) is 8.81. The molecule has 2 rings (SSSR count). The number of benzene rings is 2. The number of fused-ring (bicyclic) bond motifs is 1. The summed E-state index contributed by atoms with van der Waals surface area (Å²) in [6.07, 6.45) is 0. The summed E-state index contributed by atoms with van der Waals surface area (Å²) >= 11 is 0. The van der Waals surface area contributed by atoms with E-state index >= 15 is 0 Å². The molecule has 2 aromatic rings. The summed E-state index contributed by atoms with van der Waals surface area (Å²) in [7, 11) is 0. The van der Waals surface area contributed by atoms with Crippen LogP contribution in [-0.4, -0.2) is 0 Å². The zero-order valence-electron chi connectivity index (χ0n) is 12.1. The molecule has 17 heavy (non-hydrogen) atoms. The zero-order chi connectivity index (χ0) is 13.3. The van der Waals surface area contributed by atoms with Gasteiger partial charge < -0.3 is 0 Å². The van der Waals surface area contributed by atoms with Crippen molar-refractivity contribution >= 4 is 10.8 Å². The van der Waals surface area contributed by atoms with Crippen molar-refractivity contribution in [3.63, 3.8) is 0 Å². The monoisotopic (exact) mass is 230 g/mol. The molecule has 0 spiro atoms. The SMILES string of the molecule is CC.CC.CC(C)c1cccc2ccccc12. The van der Waals surface area contributed by atoms with E-state index in [0.29, 0.717) is 5.92 Å². The number of hydrogen-bond donors (Lipinski definition) is 0. The first-order valence-corrected chi connectivity index (χ1v) is 6.76. The van der Waals surface area contributed by atoms with Gasteiger partial charge in [-0.05, 0) is 22.3 Å². The molecule has 0 aliphatic rings. The number of hydrogen-bond acceptors (Lipinski definition) is 0. The highest BCUT2D eigenvalue weighted by atomic mass is 14.1. The Hall–Kier alpha value is -1.30. The minimum atomic E-state index is 0.603. The standard InChI is InChI=1S/C13H14.2C2H6/c1-10(2)12-9-5-7-11-6-3-4-8-13(11)12;2*1-2/h3-10H,1-2H3;2*1-2H3. The molecule has 2 aromatic carbocycles. The maximum absolute atomic E-state index is 2.24. The summed E-state index contributed by atoms with van der Waals surface area (Å²) in [6, 6.07) is 15.1. The summed E-state index contributed by atoms with van der Waals surface area (Å²) in [5, 5.41) is 2.73. The molecule has 0 bridgehead atoms. The largest absolute Gasteiger partial charge is 0.0683 e. The van der Waals surface area contributed by atoms with Gasteiger partial charge in [0.15, 0.2) is 0 Å². The molecule has 0 nitrogen and oxygen atoms in total.